The fourth-order valence-corrected chi connectivity index (χ4v) is 1.06. The van der Waals surface area contributed by atoms with Crippen LogP contribution in [0.5, 0.6) is 0 Å². The predicted octanol–water partition coefficient (Wildman–Crippen LogP) is 1.21. The maximum Gasteiger partial charge on any atom is 0.128 e. The summed E-state index contributed by atoms with van der Waals surface area (Å²) >= 11 is 0. The lowest BCUT2D eigenvalue weighted by Crippen LogP contribution is -2.07. The number of hydrogen-bond acceptors (Lipinski definition) is 2. The minimum atomic E-state index is -0.781. The van der Waals surface area contributed by atoms with E-state index in [1.165, 1.54) is 6.07 Å². The Balaban J connectivity index is 2.79. The Kier molecular flexibility index (Phi) is 3.19. The van der Waals surface area contributed by atoms with Crippen LogP contribution < -0.4 is 5.73 Å². The highest BCUT2D eigenvalue weighted by Crippen LogP contribution is 2.18. The van der Waals surface area contributed by atoms with Gasteiger partial charge in [-0.05, 0) is 19.0 Å². The molecule has 0 aliphatic carbocycles. The third-order valence-electron chi connectivity index (χ3n) is 1.70. The Hall–Kier alpha value is -0.930. The van der Waals surface area contributed by atoms with Crippen LogP contribution in [0.2, 0.25) is 0 Å². The summed E-state index contributed by atoms with van der Waals surface area (Å²) in [5.74, 6) is -0.376. The van der Waals surface area contributed by atoms with Gasteiger partial charge < -0.3 is 10.8 Å². The molecule has 0 aliphatic rings. The van der Waals surface area contributed by atoms with E-state index in [1.807, 2.05) is 0 Å². The minimum Gasteiger partial charge on any atom is -0.388 e. The van der Waals surface area contributed by atoms with Crippen LogP contribution in [0.1, 0.15) is 18.1 Å². The van der Waals surface area contributed by atoms with Crippen molar-refractivity contribution in [2.24, 2.45) is 5.73 Å². The molecule has 1 aromatic rings. The molecule has 0 saturated carbocycles. The van der Waals surface area contributed by atoms with Gasteiger partial charge in [-0.25, -0.2) is 4.39 Å². The second-order valence-electron chi connectivity index (χ2n) is 2.61. The zero-order valence-corrected chi connectivity index (χ0v) is 6.70. The average molecular weight is 169 g/mol. The van der Waals surface area contributed by atoms with E-state index < -0.39 is 6.10 Å². The molecule has 2 nitrogen and oxygen atoms in total. The van der Waals surface area contributed by atoms with Crippen molar-refractivity contribution in [2.45, 2.75) is 12.5 Å². The number of aliphatic hydroxyl groups is 1. The molecular weight excluding hydrogens is 157 g/mol. The molecule has 1 atom stereocenters. The van der Waals surface area contributed by atoms with Crippen molar-refractivity contribution in [3.8, 4) is 0 Å². The minimum absolute atomic E-state index is 0.322. The predicted molar refractivity (Wildman–Crippen MR) is 45.0 cm³/mol. The van der Waals surface area contributed by atoms with Crippen LogP contribution in [0, 0.1) is 5.82 Å². The van der Waals surface area contributed by atoms with Crippen molar-refractivity contribution in [1.82, 2.24) is 0 Å². The number of benzene rings is 1. The zero-order valence-electron chi connectivity index (χ0n) is 6.70. The third kappa shape index (κ3) is 2.03. The molecule has 0 heterocycles. The van der Waals surface area contributed by atoms with E-state index in [1.54, 1.807) is 18.2 Å². The summed E-state index contributed by atoms with van der Waals surface area (Å²) in [5, 5.41) is 9.38. The van der Waals surface area contributed by atoms with Crippen LogP contribution in [-0.4, -0.2) is 11.7 Å². The smallest absolute Gasteiger partial charge is 0.128 e. The molecule has 1 unspecified atom stereocenters. The summed E-state index contributed by atoms with van der Waals surface area (Å²) in [7, 11) is 0. The van der Waals surface area contributed by atoms with Gasteiger partial charge in [0.15, 0.2) is 0 Å². The lowest BCUT2D eigenvalue weighted by Gasteiger charge is -2.09. The van der Waals surface area contributed by atoms with Crippen molar-refractivity contribution in [2.75, 3.05) is 6.54 Å². The molecule has 66 valence electrons. The van der Waals surface area contributed by atoms with Gasteiger partial charge >= 0.3 is 0 Å². The largest absolute Gasteiger partial charge is 0.388 e. The van der Waals surface area contributed by atoms with Crippen LogP contribution in [0.25, 0.3) is 0 Å². The summed E-state index contributed by atoms with van der Waals surface area (Å²) in [5.41, 5.74) is 5.56. The Bertz CT molecular complexity index is 252. The summed E-state index contributed by atoms with van der Waals surface area (Å²) < 4.78 is 13.0. The van der Waals surface area contributed by atoms with Gasteiger partial charge in [-0.3, -0.25) is 0 Å². The summed E-state index contributed by atoms with van der Waals surface area (Å²) in [6.45, 7) is 0.357. The molecule has 0 fully saturated rings. The first-order valence-electron chi connectivity index (χ1n) is 3.88. The third-order valence-corrected chi connectivity index (χ3v) is 1.70. The van der Waals surface area contributed by atoms with Crippen LogP contribution in [-0.2, 0) is 0 Å². The molecule has 0 bridgehead atoms. The van der Waals surface area contributed by atoms with Gasteiger partial charge in [0.05, 0.1) is 6.10 Å². The first-order valence-corrected chi connectivity index (χ1v) is 3.88. The van der Waals surface area contributed by atoms with Gasteiger partial charge in [0.2, 0.25) is 0 Å². The average Bonchev–Trinajstić information content (AvgIpc) is 2.05. The van der Waals surface area contributed by atoms with Crippen LogP contribution in [0.4, 0.5) is 4.39 Å². The Morgan fingerprint density at radius 1 is 1.42 bits per heavy atom. The van der Waals surface area contributed by atoms with Crippen LogP contribution >= 0.6 is 0 Å². The topological polar surface area (TPSA) is 46.2 Å². The molecule has 0 spiro atoms. The summed E-state index contributed by atoms with van der Waals surface area (Å²) in [6.07, 6.45) is -0.391. The van der Waals surface area contributed by atoms with E-state index in [2.05, 4.69) is 0 Å². The SMILES string of the molecule is NCCC(O)c1ccccc1F. The van der Waals surface area contributed by atoms with E-state index in [4.69, 9.17) is 5.73 Å². The molecule has 1 rings (SSSR count). The van der Waals surface area contributed by atoms with E-state index in [0.717, 1.165) is 0 Å². The Labute approximate surface area is 70.8 Å². The number of aliphatic hydroxyl groups excluding tert-OH is 1. The van der Waals surface area contributed by atoms with E-state index in [9.17, 15) is 9.50 Å². The zero-order chi connectivity index (χ0) is 8.97. The van der Waals surface area contributed by atoms with Gasteiger partial charge in [0.1, 0.15) is 5.82 Å². The molecular formula is C9H12FNO. The normalized spacial score (nSPS) is 12.9. The highest BCUT2D eigenvalue weighted by molar-refractivity contribution is 5.19. The number of hydrogen-bond donors (Lipinski definition) is 2. The van der Waals surface area contributed by atoms with Crippen molar-refractivity contribution in [3.63, 3.8) is 0 Å². The van der Waals surface area contributed by atoms with Crippen molar-refractivity contribution < 1.29 is 9.50 Å². The molecule has 0 saturated heterocycles. The standard InChI is InChI=1S/C9H12FNO/c10-8-4-2-1-3-7(8)9(12)5-6-11/h1-4,9,12H,5-6,11H2. The second-order valence-corrected chi connectivity index (χ2v) is 2.61. The van der Waals surface area contributed by atoms with Crippen LogP contribution in [0.3, 0.4) is 0 Å². The maximum atomic E-state index is 13.0. The second kappa shape index (κ2) is 4.18. The first kappa shape index (κ1) is 9.16. The van der Waals surface area contributed by atoms with Crippen molar-refractivity contribution in [3.05, 3.63) is 35.6 Å². The van der Waals surface area contributed by atoms with Crippen molar-refractivity contribution in [1.29, 1.82) is 0 Å². The van der Waals surface area contributed by atoms with Gasteiger partial charge in [-0.15, -0.1) is 0 Å². The van der Waals surface area contributed by atoms with Gasteiger partial charge in [-0.2, -0.15) is 0 Å². The van der Waals surface area contributed by atoms with Crippen molar-refractivity contribution >= 4 is 0 Å². The number of nitrogens with two attached hydrogens (primary N) is 1. The molecule has 1 aromatic carbocycles. The lowest BCUT2D eigenvalue weighted by molar-refractivity contribution is 0.165. The number of rotatable bonds is 3. The molecule has 0 aromatic heterocycles. The first-order chi connectivity index (χ1) is 5.75. The molecule has 12 heavy (non-hydrogen) atoms. The van der Waals surface area contributed by atoms with Crippen LogP contribution in [0.15, 0.2) is 24.3 Å². The Morgan fingerprint density at radius 3 is 2.67 bits per heavy atom. The highest BCUT2D eigenvalue weighted by atomic mass is 19.1. The monoisotopic (exact) mass is 169 g/mol. The maximum absolute atomic E-state index is 13.0. The lowest BCUT2D eigenvalue weighted by atomic mass is 10.1. The van der Waals surface area contributed by atoms with E-state index in [-0.39, 0.29) is 5.82 Å². The highest BCUT2D eigenvalue weighted by Gasteiger charge is 2.09. The Morgan fingerprint density at radius 2 is 2.08 bits per heavy atom. The molecule has 3 N–H and O–H groups in total. The summed E-state index contributed by atoms with van der Waals surface area (Å²) in [4.78, 5) is 0. The van der Waals surface area contributed by atoms with E-state index >= 15 is 0 Å². The molecule has 0 aliphatic heterocycles. The van der Waals surface area contributed by atoms with Gasteiger partial charge in [0, 0.05) is 5.56 Å². The molecule has 0 amide bonds. The van der Waals surface area contributed by atoms with Gasteiger partial charge in [-0.1, -0.05) is 18.2 Å². The summed E-state index contributed by atoms with van der Waals surface area (Å²) in [6, 6.07) is 6.18. The molecule has 0 radical (unpaired) electrons. The molecule has 3 heteroatoms. The quantitative estimate of drug-likeness (QED) is 0.714. The fourth-order valence-electron chi connectivity index (χ4n) is 1.06. The van der Waals surface area contributed by atoms with E-state index in [0.29, 0.717) is 18.5 Å². The fraction of sp³-hybridized carbons (Fsp3) is 0.333. The van der Waals surface area contributed by atoms with Gasteiger partial charge in [0.25, 0.3) is 0 Å². The number of halogens is 1.